The maximum absolute atomic E-state index is 13.0. The number of aromatic nitrogens is 2. The van der Waals surface area contributed by atoms with E-state index in [1.807, 2.05) is 30.3 Å². The Balaban J connectivity index is 1.66. The molecule has 9 nitrogen and oxygen atoms in total. The van der Waals surface area contributed by atoms with Gasteiger partial charge in [0.2, 0.25) is 0 Å². The van der Waals surface area contributed by atoms with E-state index in [1.54, 1.807) is 24.4 Å². The number of fused-ring (bicyclic) bond motifs is 1. The molecular formula is C22H15N5O4S. The van der Waals surface area contributed by atoms with Gasteiger partial charge in [-0.25, -0.2) is 10.4 Å². The summed E-state index contributed by atoms with van der Waals surface area (Å²) in [6.45, 7) is 0. The van der Waals surface area contributed by atoms with Crippen molar-refractivity contribution in [2.75, 3.05) is 0 Å². The molecule has 2 aromatic carbocycles. The number of benzene rings is 2. The standard InChI is InChI=1S/C22H15N5O4S/c28-20(15-7-6-8-16(13-15)27(30)31)25-23-14-18-21(32-17-9-2-1-3-10-17)24-19-11-4-5-12-26(19)22(18)29/h1-14H,(H,25,28). The van der Waals surface area contributed by atoms with E-state index in [1.165, 1.54) is 40.6 Å². The number of hydrazone groups is 1. The number of carbonyl (C=O) groups excluding carboxylic acids is 1. The Labute approximate surface area is 185 Å². The zero-order valence-corrected chi connectivity index (χ0v) is 17.2. The van der Waals surface area contributed by atoms with E-state index < -0.39 is 10.8 Å². The number of nitrogens with zero attached hydrogens (tertiary/aromatic N) is 4. The SMILES string of the molecule is O=C(NN=Cc1c(Sc2ccccc2)nc2ccccn2c1=O)c1cccc([N+](=O)[O-])c1. The lowest BCUT2D eigenvalue weighted by atomic mass is 10.2. The average molecular weight is 445 g/mol. The van der Waals surface area contributed by atoms with Crippen LogP contribution in [0.4, 0.5) is 5.69 Å². The summed E-state index contributed by atoms with van der Waals surface area (Å²) in [5.74, 6) is -0.643. The molecule has 10 heteroatoms. The van der Waals surface area contributed by atoms with Gasteiger partial charge in [-0.3, -0.25) is 24.1 Å². The largest absolute Gasteiger partial charge is 0.271 e. The Hall–Kier alpha value is -4.31. The van der Waals surface area contributed by atoms with Crippen LogP contribution >= 0.6 is 11.8 Å². The second-order valence-electron chi connectivity index (χ2n) is 6.49. The number of pyridine rings is 1. The minimum Gasteiger partial charge on any atom is -0.268 e. The fourth-order valence-corrected chi connectivity index (χ4v) is 3.76. The van der Waals surface area contributed by atoms with Crippen LogP contribution in [0.3, 0.4) is 0 Å². The van der Waals surface area contributed by atoms with Gasteiger partial charge in [0.1, 0.15) is 10.7 Å². The first-order valence-corrected chi connectivity index (χ1v) is 10.2. The predicted octanol–water partition coefficient (Wildman–Crippen LogP) is 3.52. The van der Waals surface area contributed by atoms with Crippen molar-refractivity contribution in [3.63, 3.8) is 0 Å². The van der Waals surface area contributed by atoms with Crippen LogP contribution in [0.1, 0.15) is 15.9 Å². The Kier molecular flexibility index (Phi) is 6.04. The minimum atomic E-state index is -0.643. The third-order valence-corrected chi connectivity index (χ3v) is 5.38. The highest BCUT2D eigenvalue weighted by atomic mass is 32.2. The van der Waals surface area contributed by atoms with E-state index in [4.69, 9.17) is 0 Å². The summed E-state index contributed by atoms with van der Waals surface area (Å²) in [5.41, 5.74) is 2.50. The van der Waals surface area contributed by atoms with Gasteiger partial charge in [-0.2, -0.15) is 5.10 Å². The topological polar surface area (TPSA) is 119 Å². The van der Waals surface area contributed by atoms with E-state index in [0.717, 1.165) is 11.0 Å². The molecule has 0 atom stereocenters. The Morgan fingerprint density at radius 3 is 2.66 bits per heavy atom. The second-order valence-corrected chi connectivity index (χ2v) is 7.55. The van der Waals surface area contributed by atoms with E-state index in [2.05, 4.69) is 15.5 Å². The molecule has 2 aromatic heterocycles. The fourth-order valence-electron chi connectivity index (χ4n) is 2.85. The zero-order chi connectivity index (χ0) is 22.5. The second kappa shape index (κ2) is 9.23. The van der Waals surface area contributed by atoms with Crippen LogP contribution in [0.2, 0.25) is 0 Å². The molecule has 32 heavy (non-hydrogen) atoms. The van der Waals surface area contributed by atoms with Gasteiger partial charge in [-0.05, 0) is 30.3 Å². The lowest BCUT2D eigenvalue weighted by Gasteiger charge is -2.08. The van der Waals surface area contributed by atoms with Crippen molar-refractivity contribution in [2.45, 2.75) is 9.92 Å². The van der Waals surface area contributed by atoms with Crippen LogP contribution in [0, 0.1) is 10.1 Å². The lowest BCUT2D eigenvalue weighted by Crippen LogP contribution is -2.23. The van der Waals surface area contributed by atoms with Crippen molar-refractivity contribution in [3.8, 4) is 0 Å². The lowest BCUT2D eigenvalue weighted by molar-refractivity contribution is -0.384. The predicted molar refractivity (Wildman–Crippen MR) is 120 cm³/mol. The number of nitrogens with one attached hydrogen (secondary N) is 1. The first-order chi connectivity index (χ1) is 15.5. The molecule has 158 valence electrons. The zero-order valence-electron chi connectivity index (χ0n) is 16.4. The van der Waals surface area contributed by atoms with Gasteiger partial charge in [0.25, 0.3) is 17.2 Å². The number of hydrogen-bond donors (Lipinski definition) is 1. The molecule has 0 aliphatic heterocycles. The molecule has 4 rings (SSSR count). The van der Waals surface area contributed by atoms with Crippen LogP contribution in [0.15, 0.2) is 98.8 Å². The van der Waals surface area contributed by atoms with Crippen molar-refractivity contribution in [1.29, 1.82) is 0 Å². The molecule has 0 aliphatic carbocycles. The van der Waals surface area contributed by atoms with Crippen molar-refractivity contribution < 1.29 is 9.72 Å². The van der Waals surface area contributed by atoms with Gasteiger partial charge in [-0.1, -0.05) is 42.1 Å². The Morgan fingerprint density at radius 2 is 1.88 bits per heavy atom. The van der Waals surface area contributed by atoms with Crippen LogP contribution in [-0.2, 0) is 0 Å². The minimum absolute atomic E-state index is 0.0728. The molecule has 0 aliphatic rings. The summed E-state index contributed by atoms with van der Waals surface area (Å²) in [7, 11) is 0. The molecule has 2 heterocycles. The summed E-state index contributed by atoms with van der Waals surface area (Å²) in [4.78, 5) is 41.1. The Morgan fingerprint density at radius 1 is 1.09 bits per heavy atom. The van der Waals surface area contributed by atoms with E-state index >= 15 is 0 Å². The maximum Gasteiger partial charge on any atom is 0.271 e. The smallest absolute Gasteiger partial charge is 0.268 e. The van der Waals surface area contributed by atoms with Gasteiger partial charge in [0.15, 0.2) is 0 Å². The highest BCUT2D eigenvalue weighted by molar-refractivity contribution is 7.99. The third kappa shape index (κ3) is 4.55. The molecule has 0 radical (unpaired) electrons. The van der Waals surface area contributed by atoms with Crippen LogP contribution in [0.25, 0.3) is 5.65 Å². The van der Waals surface area contributed by atoms with Gasteiger partial charge in [0, 0.05) is 28.8 Å². The van der Waals surface area contributed by atoms with Gasteiger partial charge in [0.05, 0.1) is 16.7 Å². The van der Waals surface area contributed by atoms with Crippen molar-refractivity contribution in [3.05, 3.63) is 111 Å². The van der Waals surface area contributed by atoms with Crippen LogP contribution in [-0.4, -0.2) is 26.4 Å². The summed E-state index contributed by atoms with van der Waals surface area (Å²) in [5, 5.41) is 15.2. The first kappa shape index (κ1) is 20.9. The molecule has 0 saturated heterocycles. The molecule has 0 saturated carbocycles. The number of carbonyl (C=O) groups is 1. The van der Waals surface area contributed by atoms with E-state index in [0.29, 0.717) is 10.7 Å². The summed E-state index contributed by atoms with van der Waals surface area (Å²) in [6, 6.07) is 19.9. The highest BCUT2D eigenvalue weighted by Crippen LogP contribution is 2.27. The number of non-ortho nitro benzene ring substituents is 1. The van der Waals surface area contributed by atoms with Gasteiger partial charge in [-0.15, -0.1) is 0 Å². The Bertz CT molecular complexity index is 1400. The third-order valence-electron chi connectivity index (χ3n) is 4.37. The molecule has 4 aromatic rings. The first-order valence-electron chi connectivity index (χ1n) is 9.35. The average Bonchev–Trinajstić information content (AvgIpc) is 2.81. The highest BCUT2D eigenvalue weighted by Gasteiger charge is 2.14. The number of amides is 1. The number of nitro benzene ring substituents is 1. The van der Waals surface area contributed by atoms with Gasteiger partial charge >= 0.3 is 0 Å². The van der Waals surface area contributed by atoms with Gasteiger partial charge < -0.3 is 0 Å². The van der Waals surface area contributed by atoms with Crippen LogP contribution in [0.5, 0.6) is 0 Å². The molecule has 1 N–H and O–H groups in total. The molecule has 0 spiro atoms. The summed E-state index contributed by atoms with van der Waals surface area (Å²) >= 11 is 1.30. The molecule has 0 bridgehead atoms. The number of rotatable bonds is 6. The molecule has 0 fully saturated rings. The molecule has 1 amide bonds. The monoisotopic (exact) mass is 445 g/mol. The normalized spacial score (nSPS) is 11.0. The van der Waals surface area contributed by atoms with E-state index in [9.17, 15) is 19.7 Å². The van der Waals surface area contributed by atoms with Crippen LogP contribution < -0.4 is 11.0 Å². The van der Waals surface area contributed by atoms with Crippen molar-refractivity contribution >= 4 is 35.2 Å². The number of nitro groups is 1. The quantitative estimate of drug-likeness (QED) is 0.210. The van der Waals surface area contributed by atoms with Crippen molar-refractivity contribution in [1.82, 2.24) is 14.8 Å². The summed E-state index contributed by atoms with van der Waals surface area (Å²) in [6.07, 6.45) is 2.83. The fraction of sp³-hybridized carbons (Fsp3) is 0. The number of hydrogen-bond acceptors (Lipinski definition) is 7. The molecule has 0 unspecified atom stereocenters. The van der Waals surface area contributed by atoms with E-state index in [-0.39, 0.29) is 22.4 Å². The molecular weight excluding hydrogens is 430 g/mol. The maximum atomic E-state index is 13.0. The summed E-state index contributed by atoms with van der Waals surface area (Å²) < 4.78 is 1.39. The van der Waals surface area contributed by atoms with Crippen molar-refractivity contribution in [2.24, 2.45) is 5.10 Å².